The third kappa shape index (κ3) is 3.90. The molecule has 1 saturated carbocycles. The van der Waals surface area contributed by atoms with Crippen LogP contribution in [0.3, 0.4) is 0 Å². The van der Waals surface area contributed by atoms with Crippen LogP contribution in [0.2, 0.25) is 0 Å². The number of hydrogen-bond acceptors (Lipinski definition) is 5. The Morgan fingerprint density at radius 2 is 1.85 bits per heavy atom. The summed E-state index contributed by atoms with van der Waals surface area (Å²) < 4.78 is 1.47. The van der Waals surface area contributed by atoms with Gasteiger partial charge < -0.3 is 10.2 Å². The Kier molecular flexibility index (Phi) is 5.65. The van der Waals surface area contributed by atoms with Gasteiger partial charge in [-0.1, -0.05) is 18.7 Å². The summed E-state index contributed by atoms with van der Waals surface area (Å²) in [5.74, 6) is 0.0299. The van der Waals surface area contributed by atoms with Crippen LogP contribution in [0.15, 0.2) is 37.7 Å². The maximum atomic E-state index is 12.3. The fourth-order valence-corrected chi connectivity index (χ4v) is 4.81. The van der Waals surface area contributed by atoms with Crippen LogP contribution in [0.4, 0.5) is 0 Å². The van der Waals surface area contributed by atoms with E-state index in [-0.39, 0.29) is 19.1 Å². The van der Waals surface area contributed by atoms with Gasteiger partial charge in [0.05, 0.1) is 18.1 Å². The second kappa shape index (κ2) is 7.66. The summed E-state index contributed by atoms with van der Waals surface area (Å²) in [4.78, 5) is 28.2. The third-order valence-electron chi connectivity index (χ3n) is 5.63. The SMILES string of the molecule is CCc1c(C)cc(Sc2cn(CC3CC3(CO)CO)c(=O)[nH]c2=O)cc1C. The minimum absolute atomic E-state index is 0.0299. The van der Waals surface area contributed by atoms with Gasteiger partial charge in [0.2, 0.25) is 0 Å². The number of aromatic amines is 1. The largest absolute Gasteiger partial charge is 0.396 e. The van der Waals surface area contributed by atoms with Crippen LogP contribution in [-0.2, 0) is 13.0 Å². The molecule has 1 aliphatic rings. The van der Waals surface area contributed by atoms with E-state index in [0.717, 1.165) is 11.3 Å². The molecule has 2 aromatic rings. The molecule has 0 aliphatic heterocycles. The monoisotopic (exact) mass is 390 g/mol. The molecule has 7 heteroatoms. The van der Waals surface area contributed by atoms with Crippen LogP contribution < -0.4 is 11.2 Å². The molecule has 0 amide bonds. The summed E-state index contributed by atoms with van der Waals surface area (Å²) in [5, 5.41) is 18.9. The van der Waals surface area contributed by atoms with Crippen molar-refractivity contribution in [3.8, 4) is 0 Å². The van der Waals surface area contributed by atoms with Gasteiger partial charge in [0.1, 0.15) is 0 Å². The predicted octanol–water partition coefficient (Wildman–Crippen LogP) is 1.86. The van der Waals surface area contributed by atoms with Crippen molar-refractivity contribution >= 4 is 11.8 Å². The summed E-state index contributed by atoms with van der Waals surface area (Å²) in [7, 11) is 0. The Labute approximate surface area is 162 Å². The lowest BCUT2D eigenvalue weighted by molar-refractivity contribution is 0.119. The predicted molar refractivity (Wildman–Crippen MR) is 105 cm³/mol. The van der Waals surface area contributed by atoms with Crippen molar-refractivity contribution in [2.24, 2.45) is 11.3 Å². The number of hydrogen-bond donors (Lipinski definition) is 3. The molecule has 1 atom stereocenters. The first kappa shape index (κ1) is 19.9. The number of benzene rings is 1. The van der Waals surface area contributed by atoms with E-state index in [0.29, 0.717) is 17.9 Å². The first-order chi connectivity index (χ1) is 12.8. The van der Waals surface area contributed by atoms with Crippen LogP contribution in [0.1, 0.15) is 30.0 Å². The number of H-pyrrole nitrogens is 1. The van der Waals surface area contributed by atoms with E-state index in [1.54, 1.807) is 6.20 Å². The Balaban J connectivity index is 1.87. The van der Waals surface area contributed by atoms with Crippen LogP contribution in [0.5, 0.6) is 0 Å². The van der Waals surface area contributed by atoms with Crippen LogP contribution in [-0.4, -0.2) is 33.0 Å². The zero-order valence-corrected chi connectivity index (χ0v) is 16.7. The number of aliphatic hydroxyl groups is 2. The molecule has 1 aromatic heterocycles. The van der Waals surface area contributed by atoms with Gasteiger partial charge in [0.15, 0.2) is 0 Å². The smallest absolute Gasteiger partial charge is 0.328 e. The van der Waals surface area contributed by atoms with E-state index in [1.807, 2.05) is 0 Å². The fourth-order valence-electron chi connectivity index (χ4n) is 3.76. The minimum Gasteiger partial charge on any atom is -0.396 e. The molecule has 0 bridgehead atoms. The fraction of sp³-hybridized carbons (Fsp3) is 0.500. The molecule has 0 saturated heterocycles. The first-order valence-electron chi connectivity index (χ1n) is 9.17. The molecule has 6 nitrogen and oxygen atoms in total. The number of nitrogens with one attached hydrogen (secondary N) is 1. The summed E-state index contributed by atoms with van der Waals surface area (Å²) >= 11 is 1.34. The molecule has 146 valence electrons. The number of aryl methyl sites for hydroxylation is 2. The van der Waals surface area contributed by atoms with Gasteiger partial charge >= 0.3 is 5.69 Å². The molecule has 1 aliphatic carbocycles. The molecule has 1 unspecified atom stereocenters. The van der Waals surface area contributed by atoms with Gasteiger partial charge in [-0.15, -0.1) is 0 Å². The molecule has 3 rings (SSSR count). The average molecular weight is 391 g/mol. The molecule has 3 N–H and O–H groups in total. The number of aromatic nitrogens is 2. The quantitative estimate of drug-likeness (QED) is 0.671. The highest BCUT2D eigenvalue weighted by atomic mass is 32.2. The van der Waals surface area contributed by atoms with Crippen LogP contribution >= 0.6 is 11.8 Å². The molecular weight excluding hydrogens is 364 g/mol. The summed E-state index contributed by atoms with van der Waals surface area (Å²) in [6, 6.07) is 4.13. The maximum absolute atomic E-state index is 12.3. The Bertz CT molecular complexity index is 936. The topological polar surface area (TPSA) is 95.3 Å². The van der Waals surface area contributed by atoms with E-state index in [2.05, 4.69) is 37.9 Å². The highest BCUT2D eigenvalue weighted by molar-refractivity contribution is 7.99. The Morgan fingerprint density at radius 1 is 1.22 bits per heavy atom. The van der Waals surface area contributed by atoms with Gasteiger partial charge in [-0.25, -0.2) is 4.79 Å². The Morgan fingerprint density at radius 3 is 2.37 bits per heavy atom. The van der Waals surface area contributed by atoms with E-state index in [9.17, 15) is 19.8 Å². The van der Waals surface area contributed by atoms with E-state index >= 15 is 0 Å². The van der Waals surface area contributed by atoms with Crippen molar-refractivity contribution in [3.05, 3.63) is 55.9 Å². The highest BCUT2D eigenvalue weighted by Gasteiger charge is 2.53. The molecule has 27 heavy (non-hydrogen) atoms. The van der Waals surface area contributed by atoms with E-state index < -0.39 is 16.7 Å². The third-order valence-corrected chi connectivity index (χ3v) is 6.62. The molecule has 1 heterocycles. The summed E-state index contributed by atoms with van der Waals surface area (Å²) in [5.41, 5.74) is 2.33. The van der Waals surface area contributed by atoms with E-state index in [1.165, 1.54) is 33.0 Å². The van der Waals surface area contributed by atoms with Crippen LogP contribution in [0, 0.1) is 25.2 Å². The maximum Gasteiger partial charge on any atom is 0.328 e. The summed E-state index contributed by atoms with van der Waals surface area (Å²) in [6.45, 7) is 6.43. The number of rotatable bonds is 7. The van der Waals surface area contributed by atoms with E-state index in [4.69, 9.17) is 0 Å². The average Bonchev–Trinajstić information content (AvgIpc) is 3.32. The minimum atomic E-state index is -0.507. The van der Waals surface area contributed by atoms with Crippen molar-refractivity contribution < 1.29 is 10.2 Å². The lowest BCUT2D eigenvalue weighted by Crippen LogP contribution is -2.31. The second-order valence-electron chi connectivity index (χ2n) is 7.48. The van der Waals surface area contributed by atoms with Crippen molar-refractivity contribution in [2.75, 3.05) is 13.2 Å². The second-order valence-corrected chi connectivity index (χ2v) is 8.59. The summed E-state index contributed by atoms with van der Waals surface area (Å²) in [6.07, 6.45) is 3.22. The normalized spacial score (nSPS) is 17.9. The van der Waals surface area contributed by atoms with Crippen molar-refractivity contribution in [3.63, 3.8) is 0 Å². The van der Waals surface area contributed by atoms with Gasteiger partial charge in [-0.05, 0) is 61.4 Å². The highest BCUT2D eigenvalue weighted by Crippen LogP contribution is 2.52. The number of nitrogens with zero attached hydrogens (tertiary/aromatic N) is 1. The lowest BCUT2D eigenvalue weighted by Gasteiger charge is -2.13. The van der Waals surface area contributed by atoms with Crippen molar-refractivity contribution in [2.45, 2.75) is 49.9 Å². The lowest BCUT2D eigenvalue weighted by atomic mass is 10.0. The molecular formula is C20H26N2O4S. The standard InChI is InChI=1S/C20H26N2O4S/c1-4-16-12(2)5-15(6-13(16)3)27-17-9-22(19(26)21-18(17)25)8-14-7-20(14,10-23)11-24/h5-6,9,14,23-24H,4,7-8,10-11H2,1-3H3,(H,21,25,26). The van der Waals surface area contributed by atoms with Gasteiger partial charge in [-0.2, -0.15) is 0 Å². The number of aliphatic hydroxyl groups excluding tert-OH is 2. The first-order valence-corrected chi connectivity index (χ1v) is 9.98. The Hall–Kier alpha value is -1.83. The van der Waals surface area contributed by atoms with Gasteiger partial charge in [0, 0.05) is 23.1 Å². The van der Waals surface area contributed by atoms with Crippen molar-refractivity contribution in [1.82, 2.24) is 9.55 Å². The van der Waals surface area contributed by atoms with Gasteiger partial charge in [0.25, 0.3) is 5.56 Å². The zero-order chi connectivity index (χ0) is 19.8. The van der Waals surface area contributed by atoms with Crippen molar-refractivity contribution in [1.29, 1.82) is 0 Å². The molecule has 1 fully saturated rings. The van der Waals surface area contributed by atoms with Crippen LogP contribution in [0.25, 0.3) is 0 Å². The molecule has 0 spiro atoms. The van der Waals surface area contributed by atoms with Gasteiger partial charge in [-0.3, -0.25) is 14.3 Å². The molecule has 0 radical (unpaired) electrons. The zero-order valence-electron chi connectivity index (χ0n) is 15.9. The molecule has 1 aromatic carbocycles.